The number of hydrogen-bond acceptors (Lipinski definition) is 5. The molecule has 1 rings (SSSR count). The third-order valence-corrected chi connectivity index (χ3v) is 1.73. The van der Waals surface area contributed by atoms with Crippen LogP contribution >= 0.6 is 0 Å². The number of carboxylic acids is 1. The van der Waals surface area contributed by atoms with Gasteiger partial charge in [-0.2, -0.15) is 0 Å². The van der Waals surface area contributed by atoms with Gasteiger partial charge in [0.2, 0.25) is 0 Å². The first-order valence-electron chi connectivity index (χ1n) is 3.61. The fraction of sp³-hybridized carbons (Fsp3) is 0.500. The molecule has 0 saturated carbocycles. The topological polar surface area (TPSA) is 95.7 Å². The van der Waals surface area contributed by atoms with Gasteiger partial charge in [-0.25, -0.2) is 4.79 Å². The van der Waals surface area contributed by atoms with Crippen molar-refractivity contribution >= 4 is 5.97 Å². The first kappa shape index (κ1) is 9.30. The molecule has 0 aliphatic carbocycles. The van der Waals surface area contributed by atoms with E-state index in [1.165, 1.54) is 4.90 Å². The molecule has 2 N–H and O–H groups in total. The average molecular weight is 187 g/mol. The van der Waals surface area contributed by atoms with E-state index >= 15 is 0 Å². The molecule has 0 amide bonds. The minimum Gasteiger partial charge on any atom is -0.473 e. The number of hydrogen-bond donors (Lipinski definition) is 2. The second-order valence-electron chi connectivity index (χ2n) is 2.61. The largest absolute Gasteiger partial charge is 0.473 e. The summed E-state index contributed by atoms with van der Waals surface area (Å²) in [7, 11) is 1.60. The Kier molecular flexibility index (Phi) is 2.36. The zero-order chi connectivity index (χ0) is 10.0. The molecule has 72 valence electrons. The van der Waals surface area contributed by atoms with E-state index < -0.39 is 16.6 Å². The molecule has 0 bridgehead atoms. The Morgan fingerprint density at radius 1 is 1.77 bits per heavy atom. The highest BCUT2D eigenvalue weighted by atomic mass is 16.6. The summed E-state index contributed by atoms with van der Waals surface area (Å²) in [6.45, 7) is 1.09. The van der Waals surface area contributed by atoms with Crippen molar-refractivity contribution in [1.82, 2.24) is 10.2 Å². The molecular weight excluding hydrogens is 178 g/mol. The van der Waals surface area contributed by atoms with Gasteiger partial charge >= 0.3 is 11.7 Å². The minimum absolute atomic E-state index is 0.0671. The summed E-state index contributed by atoms with van der Waals surface area (Å²) in [6.07, 6.45) is 0. The number of carboxylic acid groups (broad SMARTS) is 1. The number of nitrogens with zero attached hydrogens (tertiary/aromatic N) is 2. The van der Waals surface area contributed by atoms with Gasteiger partial charge in [0.05, 0.1) is 4.92 Å². The van der Waals surface area contributed by atoms with Gasteiger partial charge in [-0.3, -0.25) is 10.1 Å². The van der Waals surface area contributed by atoms with Crippen molar-refractivity contribution in [2.24, 2.45) is 0 Å². The molecule has 0 aromatic carbocycles. The summed E-state index contributed by atoms with van der Waals surface area (Å²) in [4.78, 5) is 21.5. The van der Waals surface area contributed by atoms with Gasteiger partial charge in [0.25, 0.3) is 0 Å². The number of likely N-dealkylation sites (N-methyl/N-ethyl adjacent to an activating group) is 1. The fourth-order valence-corrected chi connectivity index (χ4v) is 1.12. The molecular formula is C6H9N3O4. The standard InChI is InChI=1S/C6H9N3O4/c1-8-3-2-7-5(8)4(6(10)11)9(12)13/h7H,2-3H2,1H3,(H,10,11). The molecule has 0 atom stereocenters. The Morgan fingerprint density at radius 3 is 2.69 bits per heavy atom. The van der Waals surface area contributed by atoms with Gasteiger partial charge in [0.15, 0.2) is 5.82 Å². The maximum Gasteiger partial charge on any atom is 0.411 e. The summed E-state index contributed by atoms with van der Waals surface area (Å²) in [5.41, 5.74) is -0.806. The third kappa shape index (κ3) is 1.68. The maximum atomic E-state index is 10.5. The molecule has 0 aromatic heterocycles. The van der Waals surface area contributed by atoms with Crippen LogP contribution in [-0.4, -0.2) is 41.0 Å². The summed E-state index contributed by atoms with van der Waals surface area (Å²) in [5, 5.41) is 21.6. The molecule has 0 radical (unpaired) electrons. The molecule has 13 heavy (non-hydrogen) atoms. The lowest BCUT2D eigenvalue weighted by Crippen LogP contribution is -2.24. The van der Waals surface area contributed by atoms with Crippen LogP contribution in [0.5, 0.6) is 0 Å². The van der Waals surface area contributed by atoms with Crippen molar-refractivity contribution < 1.29 is 14.8 Å². The molecule has 1 aliphatic heterocycles. The Bertz CT molecular complexity index is 270. The Hall–Kier alpha value is -1.79. The Morgan fingerprint density at radius 2 is 2.38 bits per heavy atom. The molecule has 1 aliphatic rings. The summed E-state index contributed by atoms with van der Waals surface area (Å²) in [6, 6.07) is 0. The van der Waals surface area contributed by atoms with Gasteiger partial charge in [-0.15, -0.1) is 0 Å². The van der Waals surface area contributed by atoms with E-state index in [-0.39, 0.29) is 5.82 Å². The molecule has 7 nitrogen and oxygen atoms in total. The van der Waals surface area contributed by atoms with Crippen molar-refractivity contribution in [1.29, 1.82) is 0 Å². The molecule has 1 fully saturated rings. The van der Waals surface area contributed by atoms with Crippen molar-refractivity contribution in [3.63, 3.8) is 0 Å². The zero-order valence-electron chi connectivity index (χ0n) is 6.98. The zero-order valence-corrected chi connectivity index (χ0v) is 6.98. The first-order chi connectivity index (χ1) is 6.04. The predicted molar refractivity (Wildman–Crippen MR) is 42.3 cm³/mol. The Labute approximate surface area is 73.8 Å². The van der Waals surface area contributed by atoms with Crippen LogP contribution in [-0.2, 0) is 4.79 Å². The highest BCUT2D eigenvalue weighted by molar-refractivity contribution is 5.84. The highest BCUT2D eigenvalue weighted by Crippen LogP contribution is 2.10. The summed E-state index contributed by atoms with van der Waals surface area (Å²) in [5.74, 6) is -1.46. The quantitative estimate of drug-likeness (QED) is 0.329. The maximum absolute atomic E-state index is 10.5. The fourth-order valence-electron chi connectivity index (χ4n) is 1.12. The van der Waals surface area contributed by atoms with E-state index in [0.29, 0.717) is 13.1 Å². The molecule has 7 heteroatoms. The van der Waals surface area contributed by atoms with Crippen LogP contribution in [0.1, 0.15) is 0 Å². The van der Waals surface area contributed by atoms with Gasteiger partial charge in [-0.1, -0.05) is 0 Å². The van der Waals surface area contributed by atoms with Crippen LogP contribution in [0.4, 0.5) is 0 Å². The average Bonchev–Trinajstić information content (AvgIpc) is 2.35. The van der Waals surface area contributed by atoms with Crippen LogP contribution in [0, 0.1) is 10.1 Å². The molecule has 0 spiro atoms. The van der Waals surface area contributed by atoms with Crippen LogP contribution in [0.2, 0.25) is 0 Å². The monoisotopic (exact) mass is 187 g/mol. The van der Waals surface area contributed by atoms with Gasteiger partial charge < -0.3 is 15.3 Å². The van der Waals surface area contributed by atoms with Crippen molar-refractivity contribution in [3.8, 4) is 0 Å². The number of carbonyl (C=O) groups is 1. The number of aliphatic carboxylic acids is 1. The number of rotatable bonds is 2. The summed E-state index contributed by atoms with van der Waals surface area (Å²) < 4.78 is 0. The van der Waals surface area contributed by atoms with Crippen LogP contribution in [0.3, 0.4) is 0 Å². The van der Waals surface area contributed by atoms with E-state index in [1.807, 2.05) is 0 Å². The van der Waals surface area contributed by atoms with E-state index in [0.717, 1.165) is 0 Å². The molecule has 0 aromatic rings. The van der Waals surface area contributed by atoms with E-state index in [1.54, 1.807) is 7.05 Å². The van der Waals surface area contributed by atoms with E-state index in [2.05, 4.69) is 5.32 Å². The first-order valence-corrected chi connectivity index (χ1v) is 3.61. The van der Waals surface area contributed by atoms with Crippen molar-refractivity contribution in [3.05, 3.63) is 21.6 Å². The van der Waals surface area contributed by atoms with Gasteiger partial charge in [-0.05, 0) is 0 Å². The van der Waals surface area contributed by atoms with Gasteiger partial charge in [0, 0.05) is 20.1 Å². The second kappa shape index (κ2) is 3.30. The molecule has 1 saturated heterocycles. The predicted octanol–water partition coefficient (Wildman–Crippen LogP) is -0.948. The number of nitro groups is 1. The van der Waals surface area contributed by atoms with Crippen LogP contribution in [0.25, 0.3) is 0 Å². The second-order valence-corrected chi connectivity index (χ2v) is 2.61. The van der Waals surface area contributed by atoms with Crippen molar-refractivity contribution in [2.45, 2.75) is 0 Å². The SMILES string of the molecule is CN1CCNC1=C(C(=O)O)[N+](=O)[O-]. The van der Waals surface area contributed by atoms with Crippen LogP contribution < -0.4 is 5.32 Å². The molecule has 0 unspecified atom stereocenters. The Balaban J connectivity index is 3.08. The third-order valence-electron chi connectivity index (χ3n) is 1.73. The van der Waals surface area contributed by atoms with Crippen molar-refractivity contribution in [2.75, 3.05) is 20.1 Å². The number of nitrogens with one attached hydrogen (secondary N) is 1. The lowest BCUT2D eigenvalue weighted by molar-refractivity contribution is -0.423. The lowest BCUT2D eigenvalue weighted by atomic mass is 10.4. The van der Waals surface area contributed by atoms with E-state index in [9.17, 15) is 14.9 Å². The van der Waals surface area contributed by atoms with Crippen LogP contribution in [0.15, 0.2) is 11.5 Å². The van der Waals surface area contributed by atoms with Gasteiger partial charge in [0.1, 0.15) is 0 Å². The summed E-state index contributed by atoms with van der Waals surface area (Å²) >= 11 is 0. The highest BCUT2D eigenvalue weighted by Gasteiger charge is 2.31. The van der Waals surface area contributed by atoms with E-state index in [4.69, 9.17) is 5.11 Å². The lowest BCUT2D eigenvalue weighted by Gasteiger charge is -2.09. The normalized spacial score (nSPS) is 19.6. The minimum atomic E-state index is -1.53. The molecule has 1 heterocycles. The smallest absolute Gasteiger partial charge is 0.411 e.